The fraction of sp³-hybridized carbons (Fsp3) is 0.208. The fourth-order valence-corrected chi connectivity index (χ4v) is 4.88. The van der Waals surface area contributed by atoms with Crippen LogP contribution < -0.4 is 14.9 Å². The molecule has 158 valence electrons. The van der Waals surface area contributed by atoms with Gasteiger partial charge in [-0.2, -0.15) is 0 Å². The van der Waals surface area contributed by atoms with Crippen LogP contribution in [0, 0.1) is 6.92 Å². The van der Waals surface area contributed by atoms with Gasteiger partial charge in [-0.1, -0.05) is 69.2 Å². The molecule has 4 rings (SSSR count). The molecular weight excluding hydrogens is 476 g/mol. The van der Waals surface area contributed by atoms with Gasteiger partial charge in [-0.25, -0.2) is 9.79 Å². The fourth-order valence-electron chi connectivity index (χ4n) is 3.57. The predicted molar refractivity (Wildman–Crippen MR) is 126 cm³/mol. The molecule has 1 aliphatic rings. The molecule has 0 saturated heterocycles. The molecule has 3 aromatic rings. The summed E-state index contributed by atoms with van der Waals surface area (Å²) in [6.07, 6.45) is 1.85. The zero-order valence-corrected chi connectivity index (χ0v) is 19.8. The van der Waals surface area contributed by atoms with E-state index in [1.807, 2.05) is 61.5 Å². The lowest BCUT2D eigenvalue weighted by molar-refractivity contribution is -0.139. The van der Waals surface area contributed by atoms with Gasteiger partial charge in [0.25, 0.3) is 5.56 Å². The zero-order valence-electron chi connectivity index (χ0n) is 17.4. The van der Waals surface area contributed by atoms with Crippen molar-refractivity contribution >= 4 is 39.3 Å². The van der Waals surface area contributed by atoms with Crippen LogP contribution in [0.15, 0.2) is 74.1 Å². The number of fused-ring (bicyclic) bond motifs is 1. The van der Waals surface area contributed by atoms with E-state index in [4.69, 9.17) is 4.74 Å². The van der Waals surface area contributed by atoms with Gasteiger partial charge in [-0.15, -0.1) is 0 Å². The predicted octanol–water partition coefficient (Wildman–Crippen LogP) is 3.87. The lowest BCUT2D eigenvalue weighted by atomic mass is 9.95. The summed E-state index contributed by atoms with van der Waals surface area (Å²) in [4.78, 5) is 31.5. The van der Waals surface area contributed by atoms with Crippen molar-refractivity contribution in [2.75, 3.05) is 6.61 Å². The van der Waals surface area contributed by atoms with E-state index in [2.05, 4.69) is 20.9 Å². The third-order valence-electron chi connectivity index (χ3n) is 5.08. The van der Waals surface area contributed by atoms with Crippen molar-refractivity contribution in [1.29, 1.82) is 0 Å². The van der Waals surface area contributed by atoms with Crippen LogP contribution >= 0.6 is 27.3 Å². The van der Waals surface area contributed by atoms with Crippen LogP contribution in [0.1, 0.15) is 36.6 Å². The third kappa shape index (κ3) is 4.20. The molecule has 1 aromatic heterocycles. The summed E-state index contributed by atoms with van der Waals surface area (Å²) < 4.78 is 8.46. The van der Waals surface area contributed by atoms with Crippen molar-refractivity contribution in [3.05, 3.63) is 101 Å². The van der Waals surface area contributed by atoms with E-state index >= 15 is 0 Å². The SMILES string of the molecule is CCOC(=O)C1=C(C)N=c2s/c(=C\c3ccc(Br)cc3)c(=O)n2[C@@H]1c1ccc(C)cc1. The van der Waals surface area contributed by atoms with Crippen LogP contribution in [-0.4, -0.2) is 17.1 Å². The summed E-state index contributed by atoms with van der Waals surface area (Å²) in [6.45, 7) is 5.81. The quantitative estimate of drug-likeness (QED) is 0.515. The normalized spacial score (nSPS) is 16.1. The van der Waals surface area contributed by atoms with Crippen molar-refractivity contribution in [1.82, 2.24) is 4.57 Å². The minimum Gasteiger partial charge on any atom is -0.463 e. The number of rotatable bonds is 4. The van der Waals surface area contributed by atoms with Crippen molar-refractivity contribution in [2.45, 2.75) is 26.8 Å². The summed E-state index contributed by atoms with van der Waals surface area (Å²) >= 11 is 4.75. The number of hydrogen-bond acceptors (Lipinski definition) is 5. The second-order valence-electron chi connectivity index (χ2n) is 7.26. The highest BCUT2D eigenvalue weighted by Crippen LogP contribution is 2.30. The molecule has 0 N–H and O–H groups in total. The average molecular weight is 497 g/mol. The highest BCUT2D eigenvalue weighted by atomic mass is 79.9. The molecule has 5 nitrogen and oxygen atoms in total. The number of carbonyl (C=O) groups is 1. The van der Waals surface area contributed by atoms with Crippen LogP contribution in [0.4, 0.5) is 0 Å². The summed E-state index contributed by atoms with van der Waals surface area (Å²) in [5.41, 5.74) is 3.66. The largest absolute Gasteiger partial charge is 0.463 e. The number of esters is 1. The van der Waals surface area contributed by atoms with Gasteiger partial charge in [-0.05, 0) is 50.1 Å². The second-order valence-corrected chi connectivity index (χ2v) is 9.19. The van der Waals surface area contributed by atoms with Crippen LogP contribution in [0.25, 0.3) is 6.08 Å². The molecule has 2 aromatic carbocycles. The van der Waals surface area contributed by atoms with Gasteiger partial charge in [0.15, 0.2) is 4.80 Å². The van der Waals surface area contributed by atoms with Crippen LogP contribution in [0.5, 0.6) is 0 Å². The Morgan fingerprint density at radius 3 is 2.48 bits per heavy atom. The van der Waals surface area contributed by atoms with Gasteiger partial charge >= 0.3 is 5.97 Å². The summed E-state index contributed by atoms with van der Waals surface area (Å²) in [6, 6.07) is 15.0. The molecule has 0 unspecified atom stereocenters. The maximum Gasteiger partial charge on any atom is 0.338 e. The maximum atomic E-state index is 13.5. The van der Waals surface area contributed by atoms with Crippen molar-refractivity contribution in [2.24, 2.45) is 4.99 Å². The molecule has 0 radical (unpaired) electrons. The number of nitrogens with zero attached hydrogens (tertiary/aromatic N) is 2. The topological polar surface area (TPSA) is 60.7 Å². The van der Waals surface area contributed by atoms with Crippen molar-refractivity contribution in [3.63, 3.8) is 0 Å². The van der Waals surface area contributed by atoms with Gasteiger partial charge in [0.1, 0.15) is 0 Å². The average Bonchev–Trinajstić information content (AvgIpc) is 3.04. The minimum atomic E-state index is -0.581. The Kier molecular flexibility index (Phi) is 6.07. The number of allylic oxidation sites excluding steroid dienone is 1. The van der Waals surface area contributed by atoms with E-state index < -0.39 is 12.0 Å². The molecule has 0 saturated carbocycles. The zero-order chi connectivity index (χ0) is 22.1. The molecule has 0 fully saturated rings. The van der Waals surface area contributed by atoms with Crippen molar-refractivity contribution in [3.8, 4) is 0 Å². The van der Waals surface area contributed by atoms with E-state index in [1.165, 1.54) is 11.3 Å². The summed E-state index contributed by atoms with van der Waals surface area (Å²) in [7, 11) is 0. The molecule has 0 spiro atoms. The number of carbonyl (C=O) groups excluding carboxylic acids is 1. The highest BCUT2D eigenvalue weighted by molar-refractivity contribution is 9.10. The van der Waals surface area contributed by atoms with E-state index in [9.17, 15) is 9.59 Å². The van der Waals surface area contributed by atoms with Crippen LogP contribution in [0.2, 0.25) is 0 Å². The Bertz CT molecular complexity index is 1350. The Hall–Kier alpha value is -2.77. The molecule has 1 atom stereocenters. The van der Waals surface area contributed by atoms with E-state index in [1.54, 1.807) is 18.4 Å². The highest BCUT2D eigenvalue weighted by Gasteiger charge is 2.33. The summed E-state index contributed by atoms with van der Waals surface area (Å²) in [5.74, 6) is -0.448. The molecule has 1 aliphatic heterocycles. The van der Waals surface area contributed by atoms with Gasteiger partial charge < -0.3 is 4.74 Å². The number of aromatic nitrogens is 1. The number of thiazole rings is 1. The minimum absolute atomic E-state index is 0.174. The lowest BCUT2D eigenvalue weighted by Crippen LogP contribution is -2.39. The van der Waals surface area contributed by atoms with Crippen LogP contribution in [-0.2, 0) is 9.53 Å². The first kappa shape index (κ1) is 21.5. The molecule has 31 heavy (non-hydrogen) atoms. The van der Waals surface area contributed by atoms with Gasteiger partial charge in [0, 0.05) is 4.47 Å². The van der Waals surface area contributed by atoms with E-state index in [-0.39, 0.29) is 12.2 Å². The molecule has 0 bridgehead atoms. The Labute approximate surface area is 192 Å². The standard InChI is InChI=1S/C24H21BrN2O3S/c1-4-30-23(29)20-15(3)26-24-27(21(20)17-9-5-14(2)6-10-17)22(28)19(31-24)13-16-7-11-18(25)12-8-16/h5-13,21H,4H2,1-3H3/b19-13-/t21-/m1/s1. The first-order valence-corrected chi connectivity index (χ1v) is 11.5. The van der Waals surface area contributed by atoms with E-state index in [0.717, 1.165) is 21.2 Å². The molecule has 0 aliphatic carbocycles. The monoisotopic (exact) mass is 496 g/mol. The van der Waals surface area contributed by atoms with Crippen LogP contribution in [0.3, 0.4) is 0 Å². The summed E-state index contributed by atoms with van der Waals surface area (Å²) in [5, 5.41) is 0. The molecule has 2 heterocycles. The number of hydrogen-bond donors (Lipinski definition) is 0. The first-order valence-electron chi connectivity index (χ1n) is 9.91. The van der Waals surface area contributed by atoms with Gasteiger partial charge in [-0.3, -0.25) is 9.36 Å². The Morgan fingerprint density at radius 2 is 1.84 bits per heavy atom. The van der Waals surface area contributed by atoms with Gasteiger partial charge in [0.2, 0.25) is 0 Å². The second kappa shape index (κ2) is 8.77. The number of ether oxygens (including phenoxy) is 1. The van der Waals surface area contributed by atoms with E-state index in [0.29, 0.717) is 20.6 Å². The third-order valence-corrected chi connectivity index (χ3v) is 6.59. The lowest BCUT2D eigenvalue weighted by Gasteiger charge is -2.24. The maximum absolute atomic E-state index is 13.5. The number of halogens is 1. The molecule has 7 heteroatoms. The number of benzene rings is 2. The molecular formula is C24H21BrN2O3S. The Balaban J connectivity index is 1.94. The smallest absolute Gasteiger partial charge is 0.338 e. The molecule has 0 amide bonds. The van der Waals surface area contributed by atoms with Crippen molar-refractivity contribution < 1.29 is 9.53 Å². The first-order chi connectivity index (χ1) is 14.9. The number of aryl methyl sites for hydroxylation is 1. The Morgan fingerprint density at radius 1 is 1.16 bits per heavy atom. The van der Waals surface area contributed by atoms with Gasteiger partial charge in [0.05, 0.1) is 28.5 Å².